The van der Waals surface area contributed by atoms with Crippen molar-refractivity contribution in [1.82, 2.24) is 14.4 Å². The monoisotopic (exact) mass is 395 g/mol. The second-order valence-corrected chi connectivity index (χ2v) is 8.73. The van der Waals surface area contributed by atoms with Crippen LogP contribution < -0.4 is 0 Å². The van der Waals surface area contributed by atoms with Crippen molar-refractivity contribution in [1.29, 1.82) is 0 Å². The fourth-order valence-electron chi connectivity index (χ4n) is 4.87. The second kappa shape index (κ2) is 8.43. The summed E-state index contributed by atoms with van der Waals surface area (Å²) >= 11 is 0. The maximum atomic E-state index is 4.74. The molecule has 30 heavy (non-hydrogen) atoms. The number of hydrogen-bond donors (Lipinski definition) is 0. The molecular weight excluding hydrogens is 366 g/mol. The molecule has 0 bridgehead atoms. The van der Waals surface area contributed by atoms with Gasteiger partial charge in [0.15, 0.2) is 0 Å². The Balaban J connectivity index is 1.53. The molecule has 0 aliphatic heterocycles. The van der Waals surface area contributed by atoms with Crippen molar-refractivity contribution < 1.29 is 0 Å². The first-order chi connectivity index (χ1) is 14.8. The second-order valence-electron chi connectivity index (χ2n) is 8.73. The summed E-state index contributed by atoms with van der Waals surface area (Å²) in [5.74, 6) is 0.789. The summed E-state index contributed by atoms with van der Waals surface area (Å²) in [6.45, 7) is 2.13. The largest absolute Gasteiger partial charge is 0.303 e. The summed E-state index contributed by atoms with van der Waals surface area (Å²) in [6, 6.07) is 17.1. The number of nitrogens with zero attached hydrogens (tertiary/aromatic N) is 3. The van der Waals surface area contributed by atoms with Crippen LogP contribution >= 0.6 is 0 Å². The van der Waals surface area contributed by atoms with Gasteiger partial charge in [0.2, 0.25) is 0 Å². The summed E-state index contributed by atoms with van der Waals surface area (Å²) in [5.41, 5.74) is 8.16. The first-order valence-electron chi connectivity index (χ1n) is 11.3. The molecule has 152 valence electrons. The maximum Gasteiger partial charge on any atom is 0.136 e. The van der Waals surface area contributed by atoms with Gasteiger partial charge in [-0.2, -0.15) is 0 Å². The summed E-state index contributed by atoms with van der Waals surface area (Å²) in [4.78, 5) is 9.42. The minimum Gasteiger partial charge on any atom is -0.303 e. The van der Waals surface area contributed by atoms with Gasteiger partial charge in [-0.25, -0.2) is 4.98 Å². The first-order valence-corrected chi connectivity index (χ1v) is 11.3. The highest BCUT2D eigenvalue weighted by Crippen LogP contribution is 2.32. The fourth-order valence-corrected chi connectivity index (χ4v) is 4.87. The molecule has 0 unspecified atom stereocenters. The van der Waals surface area contributed by atoms with Crippen LogP contribution in [0, 0.1) is 12.8 Å². The molecule has 4 aromatic rings. The Labute approximate surface area is 178 Å². The van der Waals surface area contributed by atoms with E-state index in [4.69, 9.17) is 4.98 Å². The molecule has 0 atom stereocenters. The lowest BCUT2D eigenvalue weighted by molar-refractivity contribution is 0.452. The molecule has 0 N–H and O–H groups in total. The van der Waals surface area contributed by atoms with E-state index in [-0.39, 0.29) is 0 Å². The molecule has 1 aliphatic carbocycles. The van der Waals surface area contributed by atoms with E-state index in [1.165, 1.54) is 60.9 Å². The highest BCUT2D eigenvalue weighted by molar-refractivity contribution is 5.81. The zero-order chi connectivity index (χ0) is 20.3. The van der Waals surface area contributed by atoms with E-state index in [9.17, 15) is 0 Å². The van der Waals surface area contributed by atoms with Crippen molar-refractivity contribution >= 4 is 5.65 Å². The highest BCUT2D eigenvalue weighted by atomic mass is 15.0. The number of imidazole rings is 1. The van der Waals surface area contributed by atoms with Crippen LogP contribution in [0.2, 0.25) is 0 Å². The molecule has 3 aromatic heterocycles. The van der Waals surface area contributed by atoms with Gasteiger partial charge in [-0.05, 0) is 43.5 Å². The minimum absolute atomic E-state index is 0.789. The van der Waals surface area contributed by atoms with E-state index in [1.807, 2.05) is 12.3 Å². The van der Waals surface area contributed by atoms with Gasteiger partial charge in [0.05, 0.1) is 5.69 Å². The third-order valence-electron chi connectivity index (χ3n) is 6.47. The van der Waals surface area contributed by atoms with Crippen molar-refractivity contribution in [2.75, 3.05) is 0 Å². The van der Waals surface area contributed by atoms with Crippen LogP contribution in [0.15, 0.2) is 67.1 Å². The number of benzene rings is 1. The summed E-state index contributed by atoms with van der Waals surface area (Å²) in [5, 5.41) is 0. The lowest BCUT2D eigenvalue weighted by Gasteiger charge is -2.14. The smallest absolute Gasteiger partial charge is 0.136 e. The van der Waals surface area contributed by atoms with Crippen molar-refractivity contribution in [2.24, 2.45) is 5.92 Å². The molecule has 0 radical (unpaired) electrons. The van der Waals surface area contributed by atoms with Gasteiger partial charge in [-0.3, -0.25) is 4.98 Å². The van der Waals surface area contributed by atoms with Crippen LogP contribution in [0.5, 0.6) is 0 Å². The van der Waals surface area contributed by atoms with E-state index in [0.29, 0.717) is 0 Å². The number of aromatic nitrogens is 3. The Morgan fingerprint density at radius 2 is 1.77 bits per heavy atom. The first kappa shape index (κ1) is 19.0. The molecule has 5 rings (SSSR count). The van der Waals surface area contributed by atoms with E-state index >= 15 is 0 Å². The Morgan fingerprint density at radius 1 is 0.900 bits per heavy atom. The number of rotatable bonds is 4. The molecular formula is C27H29N3. The number of fused-ring (bicyclic) bond motifs is 1. The molecule has 1 saturated carbocycles. The number of aryl methyl sites for hydroxylation is 1. The molecule has 0 saturated heterocycles. The topological polar surface area (TPSA) is 30.2 Å². The van der Waals surface area contributed by atoms with Crippen molar-refractivity contribution in [3.8, 4) is 22.4 Å². The third-order valence-corrected chi connectivity index (χ3v) is 6.47. The number of pyridine rings is 2. The standard InChI is InChI=1S/C27H29N3/c1-20-8-6-11-22(16-20)27-25(12-7-15-28-27)23-13-14-26-29-18-24(30(26)19-23)17-21-9-4-2-3-5-10-21/h6-8,11-16,18-19,21H,2-5,9-10,17H2,1H3. The SMILES string of the molecule is Cc1cccc(-c2ncccc2-c2ccc3ncc(CC4CCCCCC4)n3c2)c1. The van der Waals surface area contributed by atoms with Crippen molar-refractivity contribution in [3.05, 3.63) is 78.4 Å². The predicted octanol–water partition coefficient (Wildman–Crippen LogP) is 6.88. The van der Waals surface area contributed by atoms with Crippen LogP contribution in [0.1, 0.15) is 49.8 Å². The summed E-state index contributed by atoms with van der Waals surface area (Å²) < 4.78 is 2.30. The van der Waals surface area contributed by atoms with E-state index < -0.39 is 0 Å². The lowest BCUT2D eigenvalue weighted by atomic mass is 9.95. The predicted molar refractivity (Wildman–Crippen MR) is 123 cm³/mol. The molecule has 3 heteroatoms. The number of hydrogen-bond acceptors (Lipinski definition) is 2. The van der Waals surface area contributed by atoms with Crippen molar-refractivity contribution in [3.63, 3.8) is 0 Å². The molecule has 1 aliphatic rings. The minimum atomic E-state index is 0.789. The summed E-state index contributed by atoms with van der Waals surface area (Å²) in [7, 11) is 0. The van der Waals surface area contributed by atoms with Crippen LogP contribution in [-0.2, 0) is 6.42 Å². The van der Waals surface area contributed by atoms with Gasteiger partial charge < -0.3 is 4.40 Å². The average molecular weight is 396 g/mol. The highest BCUT2D eigenvalue weighted by Gasteiger charge is 2.16. The Morgan fingerprint density at radius 3 is 2.60 bits per heavy atom. The van der Waals surface area contributed by atoms with Crippen LogP contribution in [0.3, 0.4) is 0 Å². The third kappa shape index (κ3) is 3.89. The van der Waals surface area contributed by atoms with Gasteiger partial charge in [-0.1, -0.05) is 68.4 Å². The molecule has 0 amide bonds. The Kier molecular flexibility index (Phi) is 5.35. The maximum absolute atomic E-state index is 4.74. The van der Waals surface area contributed by atoms with E-state index in [0.717, 1.165) is 29.2 Å². The van der Waals surface area contributed by atoms with Gasteiger partial charge in [-0.15, -0.1) is 0 Å². The van der Waals surface area contributed by atoms with Crippen LogP contribution in [-0.4, -0.2) is 14.4 Å². The van der Waals surface area contributed by atoms with E-state index in [2.05, 4.69) is 71.2 Å². The average Bonchev–Trinajstić information content (AvgIpc) is 2.99. The van der Waals surface area contributed by atoms with Crippen LogP contribution in [0.25, 0.3) is 28.0 Å². The molecule has 3 nitrogen and oxygen atoms in total. The van der Waals surface area contributed by atoms with Gasteiger partial charge in [0.1, 0.15) is 5.65 Å². The van der Waals surface area contributed by atoms with Crippen LogP contribution in [0.4, 0.5) is 0 Å². The molecule has 0 spiro atoms. The zero-order valence-corrected chi connectivity index (χ0v) is 17.7. The normalized spacial score (nSPS) is 15.4. The van der Waals surface area contributed by atoms with Gasteiger partial charge in [0, 0.05) is 41.0 Å². The van der Waals surface area contributed by atoms with Gasteiger partial charge >= 0.3 is 0 Å². The lowest BCUT2D eigenvalue weighted by Crippen LogP contribution is -2.05. The van der Waals surface area contributed by atoms with Gasteiger partial charge in [0.25, 0.3) is 0 Å². The quantitative estimate of drug-likeness (QED) is 0.352. The van der Waals surface area contributed by atoms with E-state index in [1.54, 1.807) is 0 Å². The Hall–Kier alpha value is -2.94. The zero-order valence-electron chi connectivity index (χ0n) is 17.7. The van der Waals surface area contributed by atoms with Crippen molar-refractivity contribution in [2.45, 2.75) is 51.9 Å². The molecule has 1 fully saturated rings. The summed E-state index contributed by atoms with van der Waals surface area (Å²) in [6.07, 6.45) is 15.6. The Bertz CT molecular complexity index is 1150. The molecule has 1 aromatic carbocycles. The molecule has 3 heterocycles. The fraction of sp³-hybridized carbons (Fsp3) is 0.333.